The summed E-state index contributed by atoms with van der Waals surface area (Å²) in [6.45, 7) is 4.78. The molecule has 3 aromatic rings. The molecule has 0 aliphatic heterocycles. The number of rotatable bonds is 7. The maximum atomic E-state index is 12.7. The number of nitrogens with zero attached hydrogens (tertiary/aromatic N) is 3. The van der Waals surface area contributed by atoms with Crippen LogP contribution in [0.5, 0.6) is 0 Å². The maximum absolute atomic E-state index is 12.7. The van der Waals surface area contributed by atoms with Gasteiger partial charge in [-0.15, -0.1) is 21.5 Å². The van der Waals surface area contributed by atoms with Gasteiger partial charge in [0.1, 0.15) is 5.00 Å². The lowest BCUT2D eigenvalue weighted by Gasteiger charge is -2.09. The summed E-state index contributed by atoms with van der Waals surface area (Å²) in [5.41, 5.74) is 3.69. The van der Waals surface area contributed by atoms with Gasteiger partial charge in [0.2, 0.25) is 5.91 Å². The summed E-state index contributed by atoms with van der Waals surface area (Å²) in [5.74, 6) is 0.398. The molecule has 31 heavy (non-hydrogen) atoms. The summed E-state index contributed by atoms with van der Waals surface area (Å²) in [6.07, 6.45) is 2.82. The molecule has 1 aliphatic rings. The largest absolute Gasteiger partial charge is 0.465 e. The molecule has 0 radical (unpaired) electrons. The van der Waals surface area contributed by atoms with E-state index < -0.39 is 5.97 Å². The zero-order chi connectivity index (χ0) is 22.0. The number of thiophene rings is 1. The number of aromatic nitrogens is 3. The van der Waals surface area contributed by atoms with Crippen LogP contribution < -0.4 is 5.32 Å². The van der Waals surface area contributed by atoms with Gasteiger partial charge in [-0.1, -0.05) is 36.0 Å². The molecule has 0 fully saturated rings. The highest BCUT2D eigenvalue weighted by molar-refractivity contribution is 7.99. The number of hydrogen-bond donors (Lipinski definition) is 1. The Morgan fingerprint density at radius 2 is 2.06 bits per heavy atom. The Labute approximate surface area is 189 Å². The summed E-state index contributed by atoms with van der Waals surface area (Å²) in [4.78, 5) is 26.1. The molecule has 162 valence electrons. The number of carbonyl (C=O) groups excluding carboxylic acids is 2. The minimum Gasteiger partial charge on any atom is -0.465 e. The molecule has 1 aromatic carbocycles. The van der Waals surface area contributed by atoms with Gasteiger partial charge < -0.3 is 14.6 Å². The van der Waals surface area contributed by atoms with Crippen molar-refractivity contribution in [2.45, 2.75) is 44.8 Å². The van der Waals surface area contributed by atoms with Crippen LogP contribution in [0.1, 0.15) is 39.7 Å². The summed E-state index contributed by atoms with van der Waals surface area (Å²) in [6, 6.07) is 8.04. The number of fused-ring (bicyclic) bond motifs is 1. The van der Waals surface area contributed by atoms with Crippen LogP contribution in [0.4, 0.5) is 5.00 Å². The number of amides is 1. The van der Waals surface area contributed by atoms with Crippen molar-refractivity contribution in [1.29, 1.82) is 0 Å². The van der Waals surface area contributed by atoms with Crippen molar-refractivity contribution in [2.75, 3.05) is 18.2 Å². The fourth-order valence-electron chi connectivity index (χ4n) is 3.81. The third-order valence-corrected chi connectivity index (χ3v) is 7.49. The van der Waals surface area contributed by atoms with Crippen molar-refractivity contribution in [1.82, 2.24) is 14.8 Å². The third-order valence-electron chi connectivity index (χ3n) is 5.32. The van der Waals surface area contributed by atoms with Gasteiger partial charge in [-0.2, -0.15) is 0 Å². The van der Waals surface area contributed by atoms with Gasteiger partial charge in [-0.3, -0.25) is 4.79 Å². The van der Waals surface area contributed by atoms with E-state index in [9.17, 15) is 9.59 Å². The number of carbonyl (C=O) groups is 2. The molecule has 2 aromatic heterocycles. The average molecular weight is 457 g/mol. The normalized spacial score (nSPS) is 12.6. The van der Waals surface area contributed by atoms with Crippen LogP contribution in [0.25, 0.3) is 11.4 Å². The SMILES string of the molecule is CCn1c(SCC(=O)Nc2sc3c(c2C(=O)OC)CCC3)nnc1-c1ccccc1C. The van der Waals surface area contributed by atoms with Crippen LogP contribution in [0.3, 0.4) is 0 Å². The highest BCUT2D eigenvalue weighted by atomic mass is 32.2. The van der Waals surface area contributed by atoms with E-state index in [2.05, 4.69) is 15.5 Å². The zero-order valence-electron chi connectivity index (χ0n) is 17.7. The average Bonchev–Trinajstić information content (AvgIpc) is 3.46. The molecule has 1 amide bonds. The molecule has 0 saturated heterocycles. The second kappa shape index (κ2) is 9.23. The van der Waals surface area contributed by atoms with Gasteiger partial charge in [0.15, 0.2) is 11.0 Å². The fraction of sp³-hybridized carbons (Fsp3) is 0.364. The molecule has 1 N–H and O–H groups in total. The van der Waals surface area contributed by atoms with E-state index in [4.69, 9.17) is 4.74 Å². The lowest BCUT2D eigenvalue weighted by atomic mass is 10.1. The van der Waals surface area contributed by atoms with Crippen LogP contribution in [-0.4, -0.2) is 39.5 Å². The molecule has 0 atom stereocenters. The minimum absolute atomic E-state index is 0.176. The monoisotopic (exact) mass is 456 g/mol. The third kappa shape index (κ3) is 4.24. The van der Waals surface area contributed by atoms with Crippen molar-refractivity contribution >= 4 is 40.0 Å². The Kier molecular flexibility index (Phi) is 6.43. The molecule has 7 nitrogen and oxygen atoms in total. The molecule has 9 heteroatoms. The molecular formula is C22H24N4O3S2. The van der Waals surface area contributed by atoms with E-state index in [1.165, 1.54) is 30.2 Å². The van der Waals surface area contributed by atoms with E-state index >= 15 is 0 Å². The molecule has 1 aliphatic carbocycles. The quantitative estimate of drug-likeness (QED) is 0.420. The van der Waals surface area contributed by atoms with Crippen molar-refractivity contribution in [3.05, 3.63) is 45.8 Å². The predicted molar refractivity (Wildman–Crippen MR) is 123 cm³/mol. The van der Waals surface area contributed by atoms with Crippen LogP contribution in [0.2, 0.25) is 0 Å². The van der Waals surface area contributed by atoms with Crippen LogP contribution in [-0.2, 0) is 28.9 Å². The Bertz CT molecular complexity index is 1140. The van der Waals surface area contributed by atoms with Gasteiger partial charge >= 0.3 is 5.97 Å². The van der Waals surface area contributed by atoms with Crippen molar-refractivity contribution in [3.8, 4) is 11.4 Å². The Morgan fingerprint density at radius 1 is 1.26 bits per heavy atom. The lowest BCUT2D eigenvalue weighted by Crippen LogP contribution is -2.16. The van der Waals surface area contributed by atoms with Crippen LogP contribution in [0, 0.1) is 6.92 Å². The Hall–Kier alpha value is -2.65. The maximum Gasteiger partial charge on any atom is 0.341 e. The topological polar surface area (TPSA) is 86.1 Å². The number of methoxy groups -OCH3 is 1. The number of hydrogen-bond acceptors (Lipinski definition) is 7. The summed E-state index contributed by atoms with van der Waals surface area (Å²) < 4.78 is 6.96. The fourth-order valence-corrected chi connectivity index (χ4v) is 5.90. The van der Waals surface area contributed by atoms with Crippen molar-refractivity contribution in [3.63, 3.8) is 0 Å². The van der Waals surface area contributed by atoms with Crippen LogP contribution in [0.15, 0.2) is 29.4 Å². The second-order valence-corrected chi connectivity index (χ2v) is 9.30. The first-order chi connectivity index (χ1) is 15.0. The first-order valence-electron chi connectivity index (χ1n) is 10.2. The van der Waals surface area contributed by atoms with Gasteiger partial charge in [-0.25, -0.2) is 4.79 Å². The number of thioether (sulfide) groups is 1. The van der Waals surface area contributed by atoms with E-state index in [1.807, 2.05) is 42.7 Å². The molecule has 4 rings (SSSR count). The van der Waals surface area contributed by atoms with E-state index in [0.717, 1.165) is 46.7 Å². The molecule has 0 saturated carbocycles. The summed E-state index contributed by atoms with van der Waals surface area (Å²) >= 11 is 2.81. The van der Waals surface area contributed by atoms with E-state index in [1.54, 1.807) is 0 Å². The number of nitrogens with one attached hydrogen (secondary N) is 1. The summed E-state index contributed by atoms with van der Waals surface area (Å²) in [7, 11) is 1.37. The van der Waals surface area contributed by atoms with Gasteiger partial charge in [0.05, 0.1) is 18.4 Å². The molecule has 0 bridgehead atoms. The Balaban J connectivity index is 1.48. The smallest absolute Gasteiger partial charge is 0.341 e. The number of benzene rings is 1. The van der Waals surface area contributed by atoms with Gasteiger partial charge in [-0.05, 0) is 44.2 Å². The minimum atomic E-state index is -0.393. The number of aryl methyl sites for hydroxylation is 2. The molecule has 0 unspecified atom stereocenters. The van der Waals surface area contributed by atoms with E-state index in [0.29, 0.717) is 22.3 Å². The standard InChI is InChI=1S/C22H24N4O3S2/c1-4-26-19(14-9-6-5-8-13(14)2)24-25-22(26)30-12-17(27)23-20-18(21(28)29-3)15-10-7-11-16(15)31-20/h5-6,8-9H,4,7,10-12H2,1-3H3,(H,23,27). The first kappa shape index (κ1) is 21.6. The summed E-state index contributed by atoms with van der Waals surface area (Å²) in [5, 5.41) is 12.9. The van der Waals surface area contributed by atoms with Gasteiger partial charge in [0, 0.05) is 17.0 Å². The zero-order valence-corrected chi connectivity index (χ0v) is 19.4. The number of anilines is 1. The lowest BCUT2D eigenvalue weighted by molar-refractivity contribution is -0.113. The molecule has 2 heterocycles. The van der Waals surface area contributed by atoms with Crippen LogP contribution >= 0.6 is 23.1 Å². The number of esters is 1. The van der Waals surface area contributed by atoms with Crippen molar-refractivity contribution < 1.29 is 14.3 Å². The molecular weight excluding hydrogens is 432 g/mol. The number of ether oxygens (including phenoxy) is 1. The Morgan fingerprint density at radius 3 is 2.81 bits per heavy atom. The van der Waals surface area contributed by atoms with Crippen molar-refractivity contribution in [2.24, 2.45) is 0 Å². The molecule has 0 spiro atoms. The van der Waals surface area contributed by atoms with Gasteiger partial charge in [0.25, 0.3) is 0 Å². The predicted octanol–water partition coefficient (Wildman–Crippen LogP) is 4.34. The highest BCUT2D eigenvalue weighted by Crippen LogP contribution is 2.39. The highest BCUT2D eigenvalue weighted by Gasteiger charge is 2.28. The first-order valence-corrected chi connectivity index (χ1v) is 12.0. The second-order valence-electron chi connectivity index (χ2n) is 7.26. The van der Waals surface area contributed by atoms with E-state index in [-0.39, 0.29) is 11.7 Å².